The molecular formula is C14H19BrN4O3. The van der Waals surface area contributed by atoms with Crippen molar-refractivity contribution in [2.24, 2.45) is 0 Å². The minimum atomic E-state index is -0.623. The van der Waals surface area contributed by atoms with Crippen molar-refractivity contribution in [2.75, 3.05) is 26.0 Å². The van der Waals surface area contributed by atoms with Crippen LogP contribution in [0.2, 0.25) is 0 Å². The number of rotatable bonds is 5. The van der Waals surface area contributed by atoms with Gasteiger partial charge in [-0.2, -0.15) is 0 Å². The lowest BCUT2D eigenvalue weighted by atomic mass is 10.2. The van der Waals surface area contributed by atoms with E-state index in [1.165, 1.54) is 7.05 Å². The van der Waals surface area contributed by atoms with Crippen LogP contribution in [0.3, 0.4) is 0 Å². The molecule has 4 amide bonds. The average molecular weight is 371 g/mol. The second kappa shape index (κ2) is 8.50. The van der Waals surface area contributed by atoms with Crippen molar-refractivity contribution in [2.45, 2.75) is 13.0 Å². The Morgan fingerprint density at radius 3 is 2.50 bits per heavy atom. The first-order valence-corrected chi connectivity index (χ1v) is 7.41. The fraction of sp³-hybridized carbons (Fsp3) is 0.357. The first-order valence-electron chi connectivity index (χ1n) is 6.62. The van der Waals surface area contributed by atoms with E-state index < -0.39 is 18.0 Å². The number of likely N-dealkylation sites (N-methyl/N-ethyl adjacent to an activating group) is 1. The molecule has 0 aliphatic heterocycles. The molecule has 120 valence electrons. The minimum absolute atomic E-state index is 0.0175. The van der Waals surface area contributed by atoms with Gasteiger partial charge in [-0.3, -0.25) is 19.8 Å². The van der Waals surface area contributed by atoms with E-state index in [0.29, 0.717) is 5.69 Å². The van der Waals surface area contributed by atoms with E-state index in [1.807, 2.05) is 18.2 Å². The first-order chi connectivity index (χ1) is 10.3. The molecule has 0 aromatic heterocycles. The molecule has 8 heteroatoms. The fourth-order valence-electron chi connectivity index (χ4n) is 1.59. The highest BCUT2D eigenvalue weighted by Gasteiger charge is 2.21. The zero-order valence-corrected chi connectivity index (χ0v) is 14.2. The molecule has 0 radical (unpaired) electrons. The van der Waals surface area contributed by atoms with Crippen LogP contribution in [0.25, 0.3) is 0 Å². The lowest BCUT2D eigenvalue weighted by Gasteiger charge is -2.22. The molecule has 0 spiro atoms. The van der Waals surface area contributed by atoms with Crippen molar-refractivity contribution in [1.82, 2.24) is 15.5 Å². The number of halogens is 1. The largest absolute Gasteiger partial charge is 0.341 e. The highest BCUT2D eigenvalue weighted by atomic mass is 79.9. The number of nitrogens with one attached hydrogen (secondary N) is 3. The highest BCUT2D eigenvalue weighted by molar-refractivity contribution is 9.10. The normalized spacial score (nSPS) is 11.7. The van der Waals surface area contributed by atoms with Crippen molar-refractivity contribution in [3.8, 4) is 0 Å². The van der Waals surface area contributed by atoms with Crippen molar-refractivity contribution in [3.63, 3.8) is 0 Å². The summed E-state index contributed by atoms with van der Waals surface area (Å²) in [5.74, 6) is -0.732. The standard InChI is InChI=1S/C14H19BrN4O3/c1-9(13(21)18-14(22)16-2)19(3)8-12(20)17-11-7-5-4-6-10(11)15/h4-7,9H,8H2,1-3H3,(H,17,20)(H2,16,18,21,22). The lowest BCUT2D eigenvalue weighted by molar-refractivity contribution is -0.125. The Kier molecular flexibility index (Phi) is 7.00. The van der Waals surface area contributed by atoms with Gasteiger partial charge in [0.1, 0.15) is 0 Å². The summed E-state index contributed by atoms with van der Waals surface area (Å²) in [6, 6.07) is 6.04. The maximum Gasteiger partial charge on any atom is 0.321 e. The van der Waals surface area contributed by atoms with Gasteiger partial charge < -0.3 is 10.6 Å². The van der Waals surface area contributed by atoms with Crippen molar-refractivity contribution < 1.29 is 14.4 Å². The Balaban J connectivity index is 2.55. The van der Waals surface area contributed by atoms with Crippen LogP contribution in [0.15, 0.2) is 28.7 Å². The Bertz CT molecular complexity index is 565. The predicted octanol–water partition coefficient (Wildman–Crippen LogP) is 1.16. The smallest absolute Gasteiger partial charge is 0.321 e. The maximum absolute atomic E-state index is 12.0. The van der Waals surface area contributed by atoms with Gasteiger partial charge in [0.15, 0.2) is 0 Å². The number of para-hydroxylation sites is 1. The third-order valence-electron chi connectivity index (χ3n) is 3.05. The number of anilines is 1. The molecule has 0 saturated carbocycles. The molecular weight excluding hydrogens is 352 g/mol. The summed E-state index contributed by atoms with van der Waals surface area (Å²) < 4.78 is 0.774. The molecule has 0 saturated heterocycles. The number of carbonyl (C=O) groups excluding carboxylic acids is 3. The molecule has 0 aliphatic carbocycles. The Hall–Kier alpha value is -1.93. The number of urea groups is 1. The summed E-state index contributed by atoms with van der Waals surface area (Å²) >= 11 is 3.34. The monoisotopic (exact) mass is 370 g/mol. The number of nitrogens with zero attached hydrogens (tertiary/aromatic N) is 1. The zero-order chi connectivity index (χ0) is 16.7. The Morgan fingerprint density at radius 2 is 1.91 bits per heavy atom. The van der Waals surface area contributed by atoms with Gasteiger partial charge in [-0.15, -0.1) is 0 Å². The topological polar surface area (TPSA) is 90.5 Å². The van der Waals surface area contributed by atoms with E-state index in [9.17, 15) is 14.4 Å². The summed E-state index contributed by atoms with van der Waals surface area (Å²) in [5, 5.41) is 7.22. The van der Waals surface area contributed by atoms with E-state index in [1.54, 1.807) is 24.9 Å². The van der Waals surface area contributed by atoms with E-state index in [4.69, 9.17) is 0 Å². The summed E-state index contributed by atoms with van der Waals surface area (Å²) in [6.07, 6.45) is 0. The van der Waals surface area contributed by atoms with Crippen LogP contribution in [-0.2, 0) is 9.59 Å². The van der Waals surface area contributed by atoms with Crippen LogP contribution in [0.1, 0.15) is 6.92 Å². The molecule has 1 unspecified atom stereocenters. The molecule has 1 aromatic carbocycles. The molecule has 7 nitrogen and oxygen atoms in total. The third-order valence-corrected chi connectivity index (χ3v) is 3.74. The minimum Gasteiger partial charge on any atom is -0.341 e. The van der Waals surface area contributed by atoms with Crippen LogP contribution in [0.4, 0.5) is 10.5 Å². The van der Waals surface area contributed by atoms with Crippen LogP contribution in [0.5, 0.6) is 0 Å². The third kappa shape index (κ3) is 5.45. The molecule has 0 aliphatic rings. The van der Waals surface area contributed by atoms with E-state index in [0.717, 1.165) is 4.47 Å². The van der Waals surface area contributed by atoms with Crippen molar-refractivity contribution >= 4 is 39.5 Å². The van der Waals surface area contributed by atoms with Crippen LogP contribution in [-0.4, -0.2) is 49.4 Å². The summed E-state index contributed by atoms with van der Waals surface area (Å²) in [5.41, 5.74) is 0.656. The SMILES string of the molecule is CNC(=O)NC(=O)C(C)N(C)CC(=O)Nc1ccccc1Br. The molecule has 0 fully saturated rings. The van der Waals surface area contributed by atoms with Crippen LogP contribution in [0, 0.1) is 0 Å². The van der Waals surface area contributed by atoms with Gasteiger partial charge in [0.2, 0.25) is 11.8 Å². The molecule has 0 heterocycles. The molecule has 1 rings (SSSR count). The number of carbonyl (C=O) groups is 3. The highest BCUT2D eigenvalue weighted by Crippen LogP contribution is 2.20. The van der Waals surface area contributed by atoms with Gasteiger partial charge in [-0.1, -0.05) is 12.1 Å². The number of imide groups is 1. The molecule has 1 aromatic rings. The summed E-state index contributed by atoms with van der Waals surface area (Å²) in [4.78, 5) is 36.4. The molecule has 3 N–H and O–H groups in total. The van der Waals surface area contributed by atoms with Gasteiger partial charge in [0.25, 0.3) is 0 Å². The van der Waals surface area contributed by atoms with Crippen LogP contribution < -0.4 is 16.0 Å². The zero-order valence-electron chi connectivity index (χ0n) is 12.6. The Morgan fingerprint density at radius 1 is 1.27 bits per heavy atom. The Labute approximate surface area is 137 Å². The average Bonchev–Trinajstić information content (AvgIpc) is 2.48. The fourth-order valence-corrected chi connectivity index (χ4v) is 1.98. The first kappa shape index (κ1) is 18.1. The predicted molar refractivity (Wildman–Crippen MR) is 87.5 cm³/mol. The molecule has 0 bridgehead atoms. The maximum atomic E-state index is 12.0. The number of hydrogen-bond acceptors (Lipinski definition) is 4. The van der Waals surface area contributed by atoms with E-state index in [-0.39, 0.29) is 12.5 Å². The summed E-state index contributed by atoms with van der Waals surface area (Å²) in [7, 11) is 3.05. The van der Waals surface area contributed by atoms with Crippen molar-refractivity contribution in [1.29, 1.82) is 0 Å². The molecule has 1 atom stereocenters. The number of hydrogen-bond donors (Lipinski definition) is 3. The van der Waals surface area contributed by atoms with Crippen LogP contribution >= 0.6 is 15.9 Å². The lowest BCUT2D eigenvalue weighted by Crippen LogP contribution is -2.49. The second-order valence-electron chi connectivity index (χ2n) is 4.69. The van der Waals surface area contributed by atoms with E-state index >= 15 is 0 Å². The van der Waals surface area contributed by atoms with Gasteiger partial charge >= 0.3 is 6.03 Å². The summed E-state index contributed by atoms with van der Waals surface area (Å²) in [6.45, 7) is 1.63. The van der Waals surface area contributed by atoms with E-state index in [2.05, 4.69) is 31.9 Å². The number of amides is 4. The number of benzene rings is 1. The van der Waals surface area contributed by atoms with Gasteiger partial charge in [0.05, 0.1) is 18.3 Å². The van der Waals surface area contributed by atoms with Gasteiger partial charge in [-0.25, -0.2) is 4.79 Å². The molecule has 22 heavy (non-hydrogen) atoms. The van der Waals surface area contributed by atoms with Gasteiger partial charge in [-0.05, 0) is 42.0 Å². The van der Waals surface area contributed by atoms with Crippen molar-refractivity contribution in [3.05, 3.63) is 28.7 Å². The second-order valence-corrected chi connectivity index (χ2v) is 5.54. The quantitative estimate of drug-likeness (QED) is 0.725. The van der Waals surface area contributed by atoms with Gasteiger partial charge in [0, 0.05) is 11.5 Å².